The molecule has 19 heavy (non-hydrogen) atoms. The van der Waals surface area contributed by atoms with Crippen molar-refractivity contribution in [1.29, 1.82) is 5.26 Å². The van der Waals surface area contributed by atoms with E-state index in [1.54, 1.807) is 0 Å². The summed E-state index contributed by atoms with van der Waals surface area (Å²) in [6.45, 7) is -0.144. The summed E-state index contributed by atoms with van der Waals surface area (Å²) in [4.78, 5) is 0. The van der Waals surface area contributed by atoms with Gasteiger partial charge < -0.3 is 4.74 Å². The summed E-state index contributed by atoms with van der Waals surface area (Å²) in [6, 6.07) is 10.2. The summed E-state index contributed by atoms with van der Waals surface area (Å²) in [5.74, 6) is -1.30. The van der Waals surface area contributed by atoms with Gasteiger partial charge in [-0.1, -0.05) is 23.7 Å². The largest absolute Gasteiger partial charge is 0.486 e. The van der Waals surface area contributed by atoms with E-state index in [1.165, 1.54) is 30.3 Å². The van der Waals surface area contributed by atoms with Crippen LogP contribution in [0.25, 0.3) is 0 Å². The number of rotatable bonds is 3. The molecule has 0 aliphatic carbocycles. The van der Waals surface area contributed by atoms with E-state index in [4.69, 9.17) is 21.6 Å². The third kappa shape index (κ3) is 3.01. The molecule has 96 valence electrons. The fraction of sp³-hybridized carbons (Fsp3) is 0.0714. The first-order valence-corrected chi connectivity index (χ1v) is 5.75. The van der Waals surface area contributed by atoms with Crippen LogP contribution in [0.3, 0.4) is 0 Å². The standard InChI is InChI=1S/C14H8ClF2NO/c15-11-2-1-3-13(14(11)17)19-8-10-5-4-9(7-18)6-12(10)16/h1-6H,8H2. The molecule has 0 heterocycles. The Morgan fingerprint density at radius 2 is 2.00 bits per heavy atom. The third-order valence-corrected chi connectivity index (χ3v) is 2.77. The van der Waals surface area contributed by atoms with Gasteiger partial charge in [0.25, 0.3) is 0 Å². The monoisotopic (exact) mass is 279 g/mol. The molecule has 0 spiro atoms. The molecule has 2 aromatic carbocycles. The lowest BCUT2D eigenvalue weighted by atomic mass is 10.1. The van der Waals surface area contributed by atoms with Crippen LogP contribution in [-0.4, -0.2) is 0 Å². The molecule has 0 atom stereocenters. The lowest BCUT2D eigenvalue weighted by molar-refractivity contribution is 0.285. The summed E-state index contributed by atoms with van der Waals surface area (Å²) in [5.41, 5.74) is 0.452. The van der Waals surface area contributed by atoms with Crippen LogP contribution in [0.4, 0.5) is 8.78 Å². The Labute approximate surface area is 113 Å². The Morgan fingerprint density at radius 3 is 2.68 bits per heavy atom. The van der Waals surface area contributed by atoms with Crippen LogP contribution >= 0.6 is 11.6 Å². The molecule has 2 aromatic rings. The number of hydrogen-bond acceptors (Lipinski definition) is 2. The fourth-order valence-corrected chi connectivity index (χ4v) is 1.65. The van der Waals surface area contributed by atoms with Crippen molar-refractivity contribution in [3.63, 3.8) is 0 Å². The minimum absolute atomic E-state index is 0.0451. The molecular formula is C14H8ClF2NO. The number of nitrogens with zero attached hydrogens (tertiary/aromatic N) is 1. The predicted octanol–water partition coefficient (Wildman–Crippen LogP) is 4.07. The molecule has 0 saturated heterocycles. The van der Waals surface area contributed by atoms with E-state index in [0.29, 0.717) is 0 Å². The van der Waals surface area contributed by atoms with Crippen molar-refractivity contribution in [2.24, 2.45) is 0 Å². The zero-order valence-corrected chi connectivity index (χ0v) is 10.4. The second kappa shape index (κ2) is 5.68. The number of nitriles is 1. The van der Waals surface area contributed by atoms with Crippen molar-refractivity contribution >= 4 is 11.6 Å². The van der Waals surface area contributed by atoms with Gasteiger partial charge in [-0.25, -0.2) is 8.78 Å². The van der Waals surface area contributed by atoms with Crippen molar-refractivity contribution in [3.05, 3.63) is 64.2 Å². The highest BCUT2D eigenvalue weighted by Gasteiger charge is 2.09. The van der Waals surface area contributed by atoms with Crippen molar-refractivity contribution in [1.82, 2.24) is 0 Å². The maximum atomic E-state index is 13.6. The SMILES string of the molecule is N#Cc1ccc(COc2cccc(Cl)c2F)c(F)c1. The number of halogens is 3. The normalized spacial score (nSPS) is 10.0. The van der Waals surface area contributed by atoms with Gasteiger partial charge >= 0.3 is 0 Å². The minimum Gasteiger partial charge on any atom is -0.486 e. The highest BCUT2D eigenvalue weighted by Crippen LogP contribution is 2.25. The molecule has 0 amide bonds. The van der Waals surface area contributed by atoms with Crippen LogP contribution in [0.2, 0.25) is 5.02 Å². The quantitative estimate of drug-likeness (QED) is 0.848. The third-order valence-electron chi connectivity index (χ3n) is 2.48. The first kappa shape index (κ1) is 13.3. The molecular weight excluding hydrogens is 272 g/mol. The van der Waals surface area contributed by atoms with E-state index < -0.39 is 11.6 Å². The van der Waals surface area contributed by atoms with Gasteiger partial charge in [0.15, 0.2) is 11.6 Å². The summed E-state index contributed by atoms with van der Waals surface area (Å²) in [5, 5.41) is 8.56. The van der Waals surface area contributed by atoms with E-state index in [9.17, 15) is 8.78 Å². The average Bonchev–Trinajstić information content (AvgIpc) is 2.41. The van der Waals surface area contributed by atoms with Gasteiger partial charge in [-0.15, -0.1) is 0 Å². The zero-order valence-electron chi connectivity index (χ0n) is 9.66. The van der Waals surface area contributed by atoms with Crippen molar-refractivity contribution in [2.45, 2.75) is 6.61 Å². The number of ether oxygens (including phenoxy) is 1. The van der Waals surface area contributed by atoms with E-state index in [1.807, 2.05) is 6.07 Å². The maximum Gasteiger partial charge on any atom is 0.183 e. The fourth-order valence-electron chi connectivity index (χ4n) is 1.48. The smallest absolute Gasteiger partial charge is 0.183 e. The van der Waals surface area contributed by atoms with Crippen molar-refractivity contribution in [3.8, 4) is 11.8 Å². The van der Waals surface area contributed by atoms with Crippen molar-refractivity contribution in [2.75, 3.05) is 0 Å². The van der Waals surface area contributed by atoms with E-state index in [-0.39, 0.29) is 28.5 Å². The van der Waals surface area contributed by atoms with Gasteiger partial charge in [0, 0.05) is 5.56 Å². The molecule has 2 nitrogen and oxygen atoms in total. The summed E-state index contributed by atoms with van der Waals surface area (Å²) in [6.07, 6.45) is 0. The summed E-state index contributed by atoms with van der Waals surface area (Å²) < 4.78 is 32.3. The highest BCUT2D eigenvalue weighted by molar-refractivity contribution is 6.30. The van der Waals surface area contributed by atoms with Crippen molar-refractivity contribution < 1.29 is 13.5 Å². The van der Waals surface area contributed by atoms with E-state index in [0.717, 1.165) is 6.07 Å². The van der Waals surface area contributed by atoms with E-state index >= 15 is 0 Å². The second-order valence-corrected chi connectivity index (χ2v) is 4.17. The lowest BCUT2D eigenvalue weighted by Crippen LogP contribution is -2.00. The average molecular weight is 280 g/mol. The van der Waals surface area contributed by atoms with Gasteiger partial charge in [-0.3, -0.25) is 0 Å². The van der Waals surface area contributed by atoms with E-state index in [2.05, 4.69) is 0 Å². The molecule has 0 N–H and O–H groups in total. The molecule has 0 unspecified atom stereocenters. The van der Waals surface area contributed by atoms with Gasteiger partial charge in [0.05, 0.1) is 16.7 Å². The Morgan fingerprint density at radius 1 is 1.21 bits per heavy atom. The summed E-state index contributed by atoms with van der Waals surface area (Å²) in [7, 11) is 0. The molecule has 5 heteroatoms. The highest BCUT2D eigenvalue weighted by atomic mass is 35.5. The topological polar surface area (TPSA) is 33.0 Å². The van der Waals surface area contributed by atoms with Crippen LogP contribution in [0.5, 0.6) is 5.75 Å². The van der Waals surface area contributed by atoms with Crippen LogP contribution in [0, 0.1) is 23.0 Å². The Kier molecular flexibility index (Phi) is 3.98. The molecule has 0 aliphatic heterocycles. The Bertz CT molecular complexity index is 652. The first-order chi connectivity index (χ1) is 9.11. The molecule has 0 saturated carbocycles. The van der Waals surface area contributed by atoms with Crippen LogP contribution < -0.4 is 4.74 Å². The Hall–Kier alpha value is -2.12. The lowest BCUT2D eigenvalue weighted by Gasteiger charge is -2.08. The molecule has 0 radical (unpaired) electrons. The van der Waals surface area contributed by atoms with Gasteiger partial charge in [0.1, 0.15) is 12.4 Å². The summed E-state index contributed by atoms with van der Waals surface area (Å²) >= 11 is 5.60. The van der Waals surface area contributed by atoms with Gasteiger partial charge in [-0.05, 0) is 24.3 Å². The maximum absolute atomic E-state index is 13.6. The second-order valence-electron chi connectivity index (χ2n) is 3.76. The number of hydrogen-bond donors (Lipinski definition) is 0. The molecule has 0 bridgehead atoms. The molecule has 2 rings (SSSR count). The number of benzene rings is 2. The van der Waals surface area contributed by atoms with Crippen LogP contribution in [-0.2, 0) is 6.61 Å². The van der Waals surface area contributed by atoms with Gasteiger partial charge in [-0.2, -0.15) is 5.26 Å². The zero-order chi connectivity index (χ0) is 13.8. The van der Waals surface area contributed by atoms with Crippen LogP contribution in [0.15, 0.2) is 36.4 Å². The van der Waals surface area contributed by atoms with Gasteiger partial charge in [0.2, 0.25) is 0 Å². The first-order valence-electron chi connectivity index (χ1n) is 5.37. The molecule has 0 aliphatic rings. The predicted molar refractivity (Wildman–Crippen MR) is 66.9 cm³/mol. The molecule has 0 aromatic heterocycles. The van der Waals surface area contributed by atoms with Crippen LogP contribution in [0.1, 0.15) is 11.1 Å². The molecule has 0 fully saturated rings. The Balaban J connectivity index is 2.15. The minimum atomic E-state index is -0.682.